The summed E-state index contributed by atoms with van der Waals surface area (Å²) in [5.74, 6) is -1.41. The summed E-state index contributed by atoms with van der Waals surface area (Å²) in [6, 6.07) is 31.9. The van der Waals surface area contributed by atoms with Crippen molar-refractivity contribution in [2.24, 2.45) is 0 Å². The summed E-state index contributed by atoms with van der Waals surface area (Å²) in [6.45, 7) is 0. The topological polar surface area (TPSA) is 93.7 Å². The molecule has 1 amide bonds. The third-order valence-electron chi connectivity index (χ3n) is 6.78. The van der Waals surface area contributed by atoms with E-state index in [9.17, 15) is 14.4 Å². The van der Waals surface area contributed by atoms with Crippen molar-refractivity contribution in [2.45, 2.75) is 24.9 Å². The van der Waals surface area contributed by atoms with Gasteiger partial charge in [0.15, 0.2) is 0 Å². The molecule has 0 spiro atoms. The van der Waals surface area contributed by atoms with Crippen LogP contribution in [0.5, 0.6) is 0 Å². The molecule has 2 N–H and O–H groups in total. The van der Waals surface area contributed by atoms with Gasteiger partial charge in [0.25, 0.3) is 5.91 Å². The van der Waals surface area contributed by atoms with Crippen molar-refractivity contribution < 1.29 is 23.9 Å². The molecule has 0 radical (unpaired) electrons. The van der Waals surface area contributed by atoms with Crippen molar-refractivity contribution in [1.82, 2.24) is 10.6 Å². The Balaban J connectivity index is 1.62. The fourth-order valence-corrected chi connectivity index (χ4v) is 4.99. The van der Waals surface area contributed by atoms with E-state index >= 15 is 0 Å². The summed E-state index contributed by atoms with van der Waals surface area (Å²) in [6.07, 6.45) is 0.660. The predicted molar refractivity (Wildman–Crippen MR) is 166 cm³/mol. The molecule has 0 saturated heterocycles. The zero-order valence-electron chi connectivity index (χ0n) is 23.4. The molecule has 4 rings (SSSR count). The van der Waals surface area contributed by atoms with Crippen molar-refractivity contribution >= 4 is 35.1 Å². The highest BCUT2D eigenvalue weighted by Gasteiger charge is 2.26. The molecule has 0 fully saturated rings. The molecule has 0 heterocycles. The highest BCUT2D eigenvalue weighted by atomic mass is 32.1. The summed E-state index contributed by atoms with van der Waals surface area (Å²) in [5.41, 5.74) is 4.16. The number of hydrogen-bond donors (Lipinski definition) is 2. The number of nitrogens with one attached hydrogen (secondary N) is 2. The quantitative estimate of drug-likeness (QED) is 0.192. The molecule has 0 aromatic heterocycles. The fourth-order valence-electron chi connectivity index (χ4n) is 4.67. The van der Waals surface area contributed by atoms with Gasteiger partial charge in [-0.25, -0.2) is 9.59 Å². The molecular weight excluding hydrogens is 548 g/mol. The maximum Gasteiger partial charge on any atom is 0.328 e. The minimum absolute atomic E-state index is 0.280. The van der Waals surface area contributed by atoms with Gasteiger partial charge in [0, 0.05) is 24.0 Å². The van der Waals surface area contributed by atoms with E-state index in [2.05, 4.69) is 10.6 Å². The van der Waals surface area contributed by atoms with Crippen LogP contribution in [-0.2, 0) is 31.9 Å². The second-order valence-electron chi connectivity index (χ2n) is 9.57. The molecule has 7 nitrogen and oxygen atoms in total. The van der Waals surface area contributed by atoms with Crippen LogP contribution in [0.1, 0.15) is 27.0 Å². The van der Waals surface area contributed by atoms with E-state index in [4.69, 9.17) is 21.7 Å². The SMILES string of the molecule is COC(=O)C(Cc1ccccc1)NC(=O)c1ccccc1-c1ccccc1C(=S)N[C@H](Cc1ccccc1)C(=O)OC. The second-order valence-corrected chi connectivity index (χ2v) is 9.98. The van der Waals surface area contributed by atoms with Gasteiger partial charge >= 0.3 is 11.9 Å². The first kappa shape index (κ1) is 30.1. The monoisotopic (exact) mass is 580 g/mol. The number of rotatable bonds is 11. The molecule has 4 aromatic rings. The predicted octanol–water partition coefficient (Wildman–Crippen LogP) is 4.92. The zero-order valence-corrected chi connectivity index (χ0v) is 24.2. The summed E-state index contributed by atoms with van der Waals surface area (Å²) < 4.78 is 10.0. The van der Waals surface area contributed by atoms with Crippen LogP contribution >= 0.6 is 12.2 Å². The van der Waals surface area contributed by atoms with Gasteiger partial charge < -0.3 is 20.1 Å². The van der Waals surface area contributed by atoms with Gasteiger partial charge in [-0.2, -0.15) is 0 Å². The lowest BCUT2D eigenvalue weighted by atomic mass is 9.94. The largest absolute Gasteiger partial charge is 0.467 e. The van der Waals surface area contributed by atoms with Crippen LogP contribution in [0.4, 0.5) is 0 Å². The Bertz CT molecular complexity index is 1430. The summed E-state index contributed by atoms with van der Waals surface area (Å²) >= 11 is 5.79. The van der Waals surface area contributed by atoms with Crippen LogP contribution in [0.15, 0.2) is 109 Å². The average molecular weight is 581 g/mol. The van der Waals surface area contributed by atoms with Gasteiger partial charge in [0.1, 0.15) is 17.1 Å². The standard InChI is InChI=1S/C34H32N2O5S/c1-40-33(38)29(21-23-13-5-3-6-14-23)35-31(37)27-19-11-9-17-25(27)26-18-10-12-20-28(26)32(42)36-30(34(39)41-2)22-24-15-7-4-8-16-24/h3-20,29-30H,21-22H2,1-2H3,(H,35,37)(H,36,42)/t29?,30-/m1/s1. The molecule has 1 unspecified atom stereocenters. The number of carbonyl (C=O) groups is 3. The van der Waals surface area contributed by atoms with Crippen molar-refractivity contribution in [1.29, 1.82) is 0 Å². The molecule has 0 saturated carbocycles. The molecule has 214 valence electrons. The smallest absolute Gasteiger partial charge is 0.328 e. The molecule has 0 aliphatic heterocycles. The summed E-state index contributed by atoms with van der Waals surface area (Å²) in [4.78, 5) is 39.2. The van der Waals surface area contributed by atoms with Crippen LogP contribution in [-0.4, -0.2) is 49.1 Å². The molecule has 8 heteroatoms. The zero-order chi connectivity index (χ0) is 29.9. The molecule has 0 aliphatic carbocycles. The molecular formula is C34H32N2O5S. The Kier molecular flexibility index (Phi) is 10.6. The number of benzene rings is 4. The molecule has 4 aromatic carbocycles. The van der Waals surface area contributed by atoms with E-state index in [1.54, 1.807) is 12.1 Å². The number of amides is 1. The maximum atomic E-state index is 13.6. The normalized spacial score (nSPS) is 12.0. The highest BCUT2D eigenvalue weighted by molar-refractivity contribution is 7.80. The van der Waals surface area contributed by atoms with Crippen LogP contribution in [0.2, 0.25) is 0 Å². The maximum absolute atomic E-state index is 13.6. The highest BCUT2D eigenvalue weighted by Crippen LogP contribution is 2.28. The molecule has 2 atom stereocenters. The molecule has 0 aliphatic rings. The van der Waals surface area contributed by atoms with Crippen molar-refractivity contribution in [3.05, 3.63) is 131 Å². The van der Waals surface area contributed by atoms with E-state index in [1.807, 2.05) is 97.1 Å². The molecule has 42 heavy (non-hydrogen) atoms. The van der Waals surface area contributed by atoms with Crippen LogP contribution < -0.4 is 10.6 Å². The van der Waals surface area contributed by atoms with Gasteiger partial charge in [-0.3, -0.25) is 4.79 Å². The third-order valence-corrected chi connectivity index (χ3v) is 7.12. The lowest BCUT2D eigenvalue weighted by molar-refractivity contribution is -0.143. The second kappa shape index (κ2) is 14.7. The Morgan fingerprint density at radius 3 is 1.50 bits per heavy atom. The van der Waals surface area contributed by atoms with Crippen molar-refractivity contribution in [3.63, 3.8) is 0 Å². The Labute approximate surface area is 250 Å². The van der Waals surface area contributed by atoms with Gasteiger partial charge in [-0.05, 0) is 28.3 Å². The minimum atomic E-state index is -0.880. The first-order chi connectivity index (χ1) is 20.4. The Morgan fingerprint density at radius 1 is 0.595 bits per heavy atom. The lowest BCUT2D eigenvalue weighted by Crippen LogP contribution is -2.43. The van der Waals surface area contributed by atoms with Crippen molar-refractivity contribution in [3.8, 4) is 11.1 Å². The van der Waals surface area contributed by atoms with E-state index in [0.29, 0.717) is 33.7 Å². The first-order valence-electron chi connectivity index (χ1n) is 13.4. The minimum Gasteiger partial charge on any atom is -0.467 e. The number of thiocarbonyl (C=S) groups is 1. The van der Waals surface area contributed by atoms with Gasteiger partial charge in [-0.15, -0.1) is 0 Å². The first-order valence-corrected chi connectivity index (χ1v) is 13.9. The van der Waals surface area contributed by atoms with Crippen molar-refractivity contribution in [2.75, 3.05) is 14.2 Å². The third kappa shape index (κ3) is 7.67. The van der Waals surface area contributed by atoms with Crippen LogP contribution in [0.3, 0.4) is 0 Å². The van der Waals surface area contributed by atoms with Crippen LogP contribution in [0, 0.1) is 0 Å². The Hall–Kier alpha value is -4.82. The van der Waals surface area contributed by atoms with E-state index < -0.39 is 29.9 Å². The lowest BCUT2D eigenvalue weighted by Gasteiger charge is -2.21. The van der Waals surface area contributed by atoms with Gasteiger partial charge in [-0.1, -0.05) is 115 Å². The van der Waals surface area contributed by atoms with E-state index in [1.165, 1.54) is 14.2 Å². The summed E-state index contributed by atoms with van der Waals surface area (Å²) in [5, 5.41) is 6.02. The Morgan fingerprint density at radius 2 is 1.00 bits per heavy atom. The fraction of sp³-hybridized carbons (Fsp3) is 0.176. The number of methoxy groups -OCH3 is 2. The number of ether oxygens (including phenoxy) is 2. The van der Waals surface area contributed by atoms with E-state index in [0.717, 1.165) is 11.1 Å². The molecule has 0 bridgehead atoms. The van der Waals surface area contributed by atoms with Gasteiger partial charge in [0.2, 0.25) is 0 Å². The average Bonchev–Trinajstić information content (AvgIpc) is 3.04. The number of carbonyl (C=O) groups excluding carboxylic acids is 3. The summed E-state index contributed by atoms with van der Waals surface area (Å²) in [7, 11) is 2.64. The van der Waals surface area contributed by atoms with Crippen LogP contribution in [0.25, 0.3) is 11.1 Å². The van der Waals surface area contributed by atoms with E-state index in [-0.39, 0.29) is 6.42 Å². The van der Waals surface area contributed by atoms with Gasteiger partial charge in [0.05, 0.1) is 14.2 Å². The number of hydrogen-bond acceptors (Lipinski definition) is 6. The number of esters is 2.